The SMILES string of the molecule is CN(C)CC#CC#CCN(C)C. The van der Waals surface area contributed by atoms with Crippen LogP contribution in [-0.2, 0) is 0 Å². The fourth-order valence-electron chi connectivity index (χ4n) is 0.484. The normalized spacial score (nSPS) is 8.83. The van der Waals surface area contributed by atoms with Crippen molar-refractivity contribution < 1.29 is 0 Å². The summed E-state index contributed by atoms with van der Waals surface area (Å²) in [5, 5.41) is 0. The van der Waals surface area contributed by atoms with E-state index < -0.39 is 0 Å². The Hall–Kier alpha value is -0.960. The van der Waals surface area contributed by atoms with Crippen molar-refractivity contribution in [3.05, 3.63) is 0 Å². The van der Waals surface area contributed by atoms with E-state index in [-0.39, 0.29) is 0 Å². The first kappa shape index (κ1) is 11.0. The van der Waals surface area contributed by atoms with E-state index in [2.05, 4.69) is 23.7 Å². The maximum Gasteiger partial charge on any atom is 0.0606 e. The molecule has 0 aromatic rings. The van der Waals surface area contributed by atoms with Crippen molar-refractivity contribution in [1.29, 1.82) is 0 Å². The van der Waals surface area contributed by atoms with Gasteiger partial charge in [-0.3, -0.25) is 9.80 Å². The third-order valence-corrected chi connectivity index (χ3v) is 1.03. The average molecular weight is 164 g/mol. The maximum atomic E-state index is 2.94. The Kier molecular flexibility index (Phi) is 6.19. The molecule has 0 rings (SSSR count). The number of rotatable bonds is 2. The van der Waals surface area contributed by atoms with Crippen LogP contribution in [0.4, 0.5) is 0 Å². The van der Waals surface area contributed by atoms with Crippen molar-refractivity contribution in [2.45, 2.75) is 0 Å². The molecule has 0 bridgehead atoms. The van der Waals surface area contributed by atoms with E-state index in [1.807, 2.05) is 38.0 Å². The minimum absolute atomic E-state index is 0.774. The second-order valence-corrected chi connectivity index (χ2v) is 3.08. The Labute approximate surface area is 75.5 Å². The molecule has 0 fully saturated rings. The van der Waals surface area contributed by atoms with Gasteiger partial charge in [-0.1, -0.05) is 11.8 Å². The first-order valence-electron chi connectivity index (χ1n) is 3.88. The van der Waals surface area contributed by atoms with Crippen LogP contribution in [0.3, 0.4) is 0 Å². The van der Waals surface area contributed by atoms with E-state index in [0.29, 0.717) is 0 Å². The highest BCUT2D eigenvalue weighted by molar-refractivity contribution is 5.26. The summed E-state index contributed by atoms with van der Waals surface area (Å²) in [6.45, 7) is 1.55. The lowest BCUT2D eigenvalue weighted by atomic mass is 10.5. The summed E-state index contributed by atoms with van der Waals surface area (Å²) in [6.07, 6.45) is 0. The molecule has 0 aliphatic carbocycles. The van der Waals surface area contributed by atoms with Gasteiger partial charge in [-0.2, -0.15) is 0 Å². The molecule has 0 N–H and O–H groups in total. The molecule has 0 heterocycles. The van der Waals surface area contributed by atoms with E-state index in [4.69, 9.17) is 0 Å². The summed E-state index contributed by atoms with van der Waals surface area (Å²) in [5.41, 5.74) is 0. The summed E-state index contributed by atoms with van der Waals surface area (Å²) in [7, 11) is 7.95. The van der Waals surface area contributed by atoms with Crippen LogP contribution < -0.4 is 0 Å². The largest absolute Gasteiger partial charge is 0.298 e. The van der Waals surface area contributed by atoms with Crippen molar-refractivity contribution in [3.8, 4) is 23.7 Å². The van der Waals surface area contributed by atoms with Crippen LogP contribution in [0.1, 0.15) is 0 Å². The Morgan fingerprint density at radius 2 is 1.08 bits per heavy atom. The highest BCUT2D eigenvalue weighted by Gasteiger charge is 1.79. The first-order chi connectivity index (χ1) is 5.63. The second kappa shape index (κ2) is 6.73. The van der Waals surface area contributed by atoms with Gasteiger partial charge in [0.05, 0.1) is 13.1 Å². The number of hydrogen-bond donors (Lipinski definition) is 0. The van der Waals surface area contributed by atoms with E-state index in [1.165, 1.54) is 0 Å². The minimum atomic E-state index is 0.774. The number of hydrogen-bond acceptors (Lipinski definition) is 2. The van der Waals surface area contributed by atoms with Gasteiger partial charge in [0.2, 0.25) is 0 Å². The monoisotopic (exact) mass is 164 g/mol. The van der Waals surface area contributed by atoms with Gasteiger partial charge < -0.3 is 0 Å². The zero-order chi connectivity index (χ0) is 9.40. The molecular formula is C10H16N2. The highest BCUT2D eigenvalue weighted by Crippen LogP contribution is 1.69. The molecular weight excluding hydrogens is 148 g/mol. The predicted octanol–water partition coefficient (Wildman–Crippen LogP) is 0.116. The Morgan fingerprint density at radius 3 is 1.33 bits per heavy atom. The van der Waals surface area contributed by atoms with Gasteiger partial charge in [0.15, 0.2) is 0 Å². The Balaban J connectivity index is 3.59. The molecule has 2 nitrogen and oxygen atoms in total. The molecule has 0 radical (unpaired) electrons. The minimum Gasteiger partial charge on any atom is -0.298 e. The van der Waals surface area contributed by atoms with Gasteiger partial charge >= 0.3 is 0 Å². The van der Waals surface area contributed by atoms with Gasteiger partial charge in [-0.05, 0) is 40.0 Å². The van der Waals surface area contributed by atoms with Gasteiger partial charge in [-0.25, -0.2) is 0 Å². The topological polar surface area (TPSA) is 6.48 Å². The summed E-state index contributed by atoms with van der Waals surface area (Å²) >= 11 is 0. The van der Waals surface area contributed by atoms with Crippen molar-refractivity contribution in [2.75, 3.05) is 41.3 Å². The van der Waals surface area contributed by atoms with Crippen molar-refractivity contribution in [1.82, 2.24) is 9.80 Å². The summed E-state index contributed by atoms with van der Waals surface area (Å²) in [4.78, 5) is 4.03. The van der Waals surface area contributed by atoms with E-state index in [0.717, 1.165) is 13.1 Å². The van der Waals surface area contributed by atoms with Gasteiger partial charge in [0, 0.05) is 0 Å². The van der Waals surface area contributed by atoms with Gasteiger partial charge in [-0.15, -0.1) is 0 Å². The van der Waals surface area contributed by atoms with E-state index in [9.17, 15) is 0 Å². The average Bonchev–Trinajstić information content (AvgIpc) is 1.95. The van der Waals surface area contributed by atoms with Crippen molar-refractivity contribution >= 4 is 0 Å². The van der Waals surface area contributed by atoms with Crippen LogP contribution in [0.5, 0.6) is 0 Å². The molecule has 0 aliphatic heterocycles. The van der Waals surface area contributed by atoms with Crippen LogP contribution >= 0.6 is 0 Å². The zero-order valence-corrected chi connectivity index (χ0v) is 8.31. The molecule has 0 saturated heterocycles. The molecule has 0 aromatic carbocycles. The Bertz CT molecular complexity index is 194. The molecule has 0 saturated carbocycles. The van der Waals surface area contributed by atoms with Crippen molar-refractivity contribution in [2.24, 2.45) is 0 Å². The lowest BCUT2D eigenvalue weighted by molar-refractivity contribution is 0.463. The van der Waals surface area contributed by atoms with Crippen molar-refractivity contribution in [3.63, 3.8) is 0 Å². The smallest absolute Gasteiger partial charge is 0.0606 e. The summed E-state index contributed by atoms with van der Waals surface area (Å²) in [5.74, 6) is 11.5. The lowest BCUT2D eigenvalue weighted by Gasteiger charge is -2.00. The highest BCUT2D eigenvalue weighted by atomic mass is 15.0. The maximum absolute atomic E-state index is 2.94. The molecule has 0 unspecified atom stereocenters. The molecule has 2 heteroatoms. The molecule has 0 atom stereocenters. The van der Waals surface area contributed by atoms with Crippen LogP contribution in [0.25, 0.3) is 0 Å². The number of nitrogens with zero attached hydrogens (tertiary/aromatic N) is 2. The molecule has 12 heavy (non-hydrogen) atoms. The molecule has 0 spiro atoms. The van der Waals surface area contributed by atoms with E-state index in [1.54, 1.807) is 0 Å². The Morgan fingerprint density at radius 1 is 0.750 bits per heavy atom. The third kappa shape index (κ3) is 9.04. The molecule has 0 amide bonds. The molecule has 0 aromatic heterocycles. The lowest BCUT2D eigenvalue weighted by Crippen LogP contribution is -2.11. The third-order valence-electron chi connectivity index (χ3n) is 1.03. The fraction of sp³-hybridized carbons (Fsp3) is 0.600. The van der Waals surface area contributed by atoms with Crippen LogP contribution in [-0.4, -0.2) is 51.1 Å². The van der Waals surface area contributed by atoms with Crippen LogP contribution in [0, 0.1) is 23.7 Å². The summed E-state index contributed by atoms with van der Waals surface area (Å²) in [6, 6.07) is 0. The molecule has 0 aliphatic rings. The first-order valence-corrected chi connectivity index (χ1v) is 3.88. The van der Waals surface area contributed by atoms with Gasteiger partial charge in [0.25, 0.3) is 0 Å². The zero-order valence-electron chi connectivity index (χ0n) is 8.31. The van der Waals surface area contributed by atoms with Gasteiger partial charge in [0.1, 0.15) is 0 Å². The van der Waals surface area contributed by atoms with Crippen LogP contribution in [0.2, 0.25) is 0 Å². The summed E-state index contributed by atoms with van der Waals surface area (Å²) < 4.78 is 0. The molecule has 66 valence electrons. The fourth-order valence-corrected chi connectivity index (χ4v) is 0.484. The second-order valence-electron chi connectivity index (χ2n) is 3.08. The standard InChI is InChI=1S/C10H16N2/c1-11(2)9-7-5-6-8-10-12(3)4/h9-10H2,1-4H3. The predicted molar refractivity (Wildman–Crippen MR) is 52.7 cm³/mol. The van der Waals surface area contributed by atoms with E-state index >= 15 is 0 Å². The quantitative estimate of drug-likeness (QED) is 0.535. The van der Waals surface area contributed by atoms with Crippen LogP contribution in [0.15, 0.2) is 0 Å².